The zero-order chi connectivity index (χ0) is 15.1. The first kappa shape index (κ1) is 16.2. The van der Waals surface area contributed by atoms with Gasteiger partial charge in [0.05, 0.1) is 6.54 Å². The molecule has 0 aliphatic carbocycles. The SMILES string of the molecule is CCN(CC)Cc1ccc(C(=O)N(CC)CC(=O)O)o1. The normalized spacial score (nSPS) is 10.8. The second-order valence-electron chi connectivity index (χ2n) is 4.44. The summed E-state index contributed by atoms with van der Waals surface area (Å²) in [5.41, 5.74) is 0. The highest BCUT2D eigenvalue weighted by Crippen LogP contribution is 2.13. The van der Waals surface area contributed by atoms with Gasteiger partial charge in [0, 0.05) is 6.54 Å². The topological polar surface area (TPSA) is 74.0 Å². The van der Waals surface area contributed by atoms with E-state index in [-0.39, 0.29) is 18.2 Å². The summed E-state index contributed by atoms with van der Waals surface area (Å²) in [5, 5.41) is 8.77. The van der Waals surface area contributed by atoms with Gasteiger partial charge in [-0.1, -0.05) is 13.8 Å². The molecule has 0 aliphatic rings. The van der Waals surface area contributed by atoms with Crippen LogP contribution in [0.15, 0.2) is 16.5 Å². The number of carboxylic acid groups (broad SMARTS) is 1. The van der Waals surface area contributed by atoms with Crippen molar-refractivity contribution in [3.05, 3.63) is 23.7 Å². The molecule has 1 aromatic heterocycles. The first-order valence-corrected chi connectivity index (χ1v) is 6.83. The molecule has 0 spiro atoms. The van der Waals surface area contributed by atoms with Gasteiger partial charge in [0.15, 0.2) is 5.76 Å². The van der Waals surface area contributed by atoms with Gasteiger partial charge in [-0.3, -0.25) is 14.5 Å². The third-order valence-corrected chi connectivity index (χ3v) is 3.14. The number of carboxylic acids is 1. The summed E-state index contributed by atoms with van der Waals surface area (Å²) >= 11 is 0. The minimum Gasteiger partial charge on any atom is -0.480 e. The molecule has 0 aromatic carbocycles. The van der Waals surface area contributed by atoms with Crippen molar-refractivity contribution in [1.82, 2.24) is 9.80 Å². The maximum Gasteiger partial charge on any atom is 0.323 e. The van der Waals surface area contributed by atoms with E-state index >= 15 is 0 Å². The molecule has 0 radical (unpaired) electrons. The molecule has 1 N–H and O–H groups in total. The van der Waals surface area contributed by atoms with Crippen LogP contribution in [0, 0.1) is 0 Å². The van der Waals surface area contributed by atoms with Crippen molar-refractivity contribution in [3.8, 4) is 0 Å². The Bertz CT molecular complexity index is 452. The highest BCUT2D eigenvalue weighted by Gasteiger charge is 2.20. The van der Waals surface area contributed by atoms with Gasteiger partial charge in [0.2, 0.25) is 0 Å². The lowest BCUT2D eigenvalue weighted by Gasteiger charge is -2.17. The van der Waals surface area contributed by atoms with E-state index in [1.54, 1.807) is 19.1 Å². The van der Waals surface area contributed by atoms with Gasteiger partial charge < -0.3 is 14.4 Å². The fourth-order valence-electron chi connectivity index (χ4n) is 1.89. The summed E-state index contributed by atoms with van der Waals surface area (Å²) in [7, 11) is 0. The first-order chi connectivity index (χ1) is 9.51. The van der Waals surface area contributed by atoms with Crippen LogP contribution in [0.25, 0.3) is 0 Å². The molecular weight excluding hydrogens is 260 g/mol. The van der Waals surface area contributed by atoms with E-state index in [9.17, 15) is 9.59 Å². The molecule has 0 saturated heterocycles. The molecule has 112 valence electrons. The Morgan fingerprint density at radius 1 is 1.15 bits per heavy atom. The van der Waals surface area contributed by atoms with Crippen LogP contribution in [0.1, 0.15) is 37.1 Å². The highest BCUT2D eigenvalue weighted by atomic mass is 16.4. The largest absolute Gasteiger partial charge is 0.480 e. The van der Waals surface area contributed by atoms with Crippen LogP contribution in [-0.4, -0.2) is 53.0 Å². The maximum absolute atomic E-state index is 12.1. The molecule has 0 atom stereocenters. The fourth-order valence-corrected chi connectivity index (χ4v) is 1.89. The summed E-state index contributed by atoms with van der Waals surface area (Å²) in [6, 6.07) is 3.37. The van der Waals surface area contributed by atoms with E-state index < -0.39 is 5.97 Å². The Kier molecular flexibility index (Phi) is 6.24. The van der Waals surface area contributed by atoms with Crippen molar-refractivity contribution in [1.29, 1.82) is 0 Å². The van der Waals surface area contributed by atoms with Gasteiger partial charge in [-0.15, -0.1) is 0 Å². The number of carbonyl (C=O) groups excluding carboxylic acids is 1. The molecule has 0 fully saturated rings. The summed E-state index contributed by atoms with van der Waals surface area (Å²) < 4.78 is 5.52. The molecule has 0 bridgehead atoms. The molecular formula is C14H22N2O4. The van der Waals surface area contributed by atoms with Crippen molar-refractivity contribution in [2.45, 2.75) is 27.3 Å². The summed E-state index contributed by atoms with van der Waals surface area (Å²) in [6.07, 6.45) is 0. The van der Waals surface area contributed by atoms with E-state index in [4.69, 9.17) is 9.52 Å². The molecule has 6 heteroatoms. The van der Waals surface area contributed by atoms with Gasteiger partial charge in [-0.05, 0) is 32.1 Å². The lowest BCUT2D eigenvalue weighted by Crippen LogP contribution is -2.35. The minimum atomic E-state index is -1.03. The molecule has 20 heavy (non-hydrogen) atoms. The predicted molar refractivity (Wildman–Crippen MR) is 74.5 cm³/mol. The zero-order valence-electron chi connectivity index (χ0n) is 12.3. The first-order valence-electron chi connectivity index (χ1n) is 6.83. The third kappa shape index (κ3) is 4.38. The predicted octanol–water partition coefficient (Wildman–Crippen LogP) is 1.67. The van der Waals surface area contributed by atoms with E-state index in [0.29, 0.717) is 18.8 Å². The number of furan rings is 1. The van der Waals surface area contributed by atoms with Crippen LogP contribution in [-0.2, 0) is 11.3 Å². The van der Waals surface area contributed by atoms with E-state index in [0.717, 1.165) is 13.1 Å². The number of hydrogen-bond acceptors (Lipinski definition) is 4. The summed E-state index contributed by atoms with van der Waals surface area (Å²) in [5.74, 6) is -0.519. The van der Waals surface area contributed by atoms with Gasteiger partial charge in [0.1, 0.15) is 12.3 Å². The minimum absolute atomic E-state index is 0.190. The zero-order valence-corrected chi connectivity index (χ0v) is 12.3. The maximum atomic E-state index is 12.1. The van der Waals surface area contributed by atoms with E-state index in [2.05, 4.69) is 18.7 Å². The Labute approximate surface area is 119 Å². The second kappa shape index (κ2) is 7.69. The number of amides is 1. The van der Waals surface area contributed by atoms with E-state index in [1.807, 2.05) is 0 Å². The Morgan fingerprint density at radius 3 is 2.30 bits per heavy atom. The smallest absolute Gasteiger partial charge is 0.323 e. The number of carbonyl (C=O) groups is 2. The standard InChI is InChI=1S/C14H22N2O4/c1-4-15(5-2)9-11-7-8-12(20-11)14(19)16(6-3)10-13(17)18/h7-8H,4-6,9-10H2,1-3H3,(H,17,18). The highest BCUT2D eigenvalue weighted by molar-refractivity contribution is 5.93. The monoisotopic (exact) mass is 282 g/mol. The van der Waals surface area contributed by atoms with Crippen LogP contribution in [0.2, 0.25) is 0 Å². The molecule has 6 nitrogen and oxygen atoms in total. The number of nitrogens with zero attached hydrogens (tertiary/aromatic N) is 2. The lowest BCUT2D eigenvalue weighted by atomic mass is 10.3. The van der Waals surface area contributed by atoms with Crippen molar-refractivity contribution in [2.75, 3.05) is 26.2 Å². The summed E-state index contributed by atoms with van der Waals surface area (Å²) in [6.45, 7) is 8.32. The molecule has 1 rings (SSSR count). The van der Waals surface area contributed by atoms with Crippen LogP contribution < -0.4 is 0 Å². The number of rotatable bonds is 8. The number of likely N-dealkylation sites (N-methyl/N-ethyl adjacent to an activating group) is 1. The van der Waals surface area contributed by atoms with E-state index in [1.165, 1.54) is 4.90 Å². The van der Waals surface area contributed by atoms with Crippen LogP contribution in [0.4, 0.5) is 0 Å². The second-order valence-corrected chi connectivity index (χ2v) is 4.44. The molecule has 1 amide bonds. The van der Waals surface area contributed by atoms with Crippen LogP contribution >= 0.6 is 0 Å². The fraction of sp³-hybridized carbons (Fsp3) is 0.571. The lowest BCUT2D eigenvalue weighted by molar-refractivity contribution is -0.137. The van der Waals surface area contributed by atoms with Crippen molar-refractivity contribution in [2.24, 2.45) is 0 Å². The van der Waals surface area contributed by atoms with Crippen molar-refractivity contribution < 1.29 is 19.1 Å². The van der Waals surface area contributed by atoms with Crippen LogP contribution in [0.3, 0.4) is 0 Å². The van der Waals surface area contributed by atoms with Crippen LogP contribution in [0.5, 0.6) is 0 Å². The molecule has 0 saturated carbocycles. The molecule has 0 aliphatic heterocycles. The molecule has 0 unspecified atom stereocenters. The van der Waals surface area contributed by atoms with Gasteiger partial charge in [-0.2, -0.15) is 0 Å². The van der Waals surface area contributed by atoms with Crippen molar-refractivity contribution >= 4 is 11.9 Å². The molecule has 1 aromatic rings. The Hall–Kier alpha value is -1.82. The van der Waals surface area contributed by atoms with Gasteiger partial charge in [-0.25, -0.2) is 0 Å². The average Bonchev–Trinajstić information content (AvgIpc) is 2.89. The Morgan fingerprint density at radius 2 is 1.80 bits per heavy atom. The number of aliphatic carboxylic acids is 1. The Balaban J connectivity index is 2.74. The number of hydrogen-bond donors (Lipinski definition) is 1. The quantitative estimate of drug-likeness (QED) is 0.785. The van der Waals surface area contributed by atoms with Gasteiger partial charge in [0.25, 0.3) is 5.91 Å². The van der Waals surface area contributed by atoms with Gasteiger partial charge >= 0.3 is 5.97 Å². The third-order valence-electron chi connectivity index (χ3n) is 3.14. The molecule has 1 heterocycles. The average molecular weight is 282 g/mol. The van der Waals surface area contributed by atoms with Crippen molar-refractivity contribution in [3.63, 3.8) is 0 Å². The summed E-state index contributed by atoms with van der Waals surface area (Å²) in [4.78, 5) is 26.2.